The van der Waals surface area contributed by atoms with E-state index in [4.69, 9.17) is 12.2 Å². The van der Waals surface area contributed by atoms with E-state index in [2.05, 4.69) is 59.9 Å². The van der Waals surface area contributed by atoms with Gasteiger partial charge in [0.25, 0.3) is 0 Å². The fourth-order valence-electron chi connectivity index (χ4n) is 3.88. The minimum Gasteiger partial charge on any atom is -0.373 e. The van der Waals surface area contributed by atoms with Gasteiger partial charge in [-0.3, -0.25) is 0 Å². The van der Waals surface area contributed by atoms with Crippen LogP contribution >= 0.6 is 12.2 Å². The van der Waals surface area contributed by atoms with Crippen molar-refractivity contribution in [1.29, 1.82) is 0 Å². The summed E-state index contributed by atoms with van der Waals surface area (Å²) >= 11 is 5.40. The number of nitrogens with one attached hydrogen (secondary N) is 1. The third-order valence-electron chi connectivity index (χ3n) is 4.70. The molecule has 0 spiro atoms. The van der Waals surface area contributed by atoms with Crippen LogP contribution in [0.3, 0.4) is 0 Å². The first-order valence-corrected chi connectivity index (χ1v) is 7.68. The largest absolute Gasteiger partial charge is 0.373 e. The van der Waals surface area contributed by atoms with Crippen LogP contribution in [0.25, 0.3) is 0 Å². The second-order valence-electron chi connectivity index (χ2n) is 5.76. The highest BCUT2D eigenvalue weighted by atomic mass is 32.1. The van der Waals surface area contributed by atoms with Gasteiger partial charge in [0.05, 0.1) is 11.0 Å². The Morgan fingerprint density at radius 3 is 2.40 bits per heavy atom. The molecule has 1 aliphatic carbocycles. The molecule has 1 saturated heterocycles. The van der Waals surface area contributed by atoms with Gasteiger partial charge < -0.3 is 5.32 Å². The lowest BCUT2D eigenvalue weighted by Gasteiger charge is -2.32. The average molecular weight is 279 g/mol. The quantitative estimate of drug-likeness (QED) is 0.785. The molecule has 0 bridgehead atoms. The molecule has 4 rings (SSSR count). The predicted octanol–water partition coefficient (Wildman–Crippen LogP) is 4.20. The Morgan fingerprint density at radius 1 is 0.900 bits per heavy atom. The van der Waals surface area contributed by atoms with E-state index in [-0.39, 0.29) is 0 Å². The molecule has 20 heavy (non-hydrogen) atoms. The lowest BCUT2D eigenvalue weighted by atomic mass is 9.80. The molecular formula is C18H17NS. The van der Waals surface area contributed by atoms with E-state index < -0.39 is 0 Å². The van der Waals surface area contributed by atoms with Crippen LogP contribution in [0.2, 0.25) is 0 Å². The zero-order valence-corrected chi connectivity index (χ0v) is 12.1. The fraction of sp³-hybridized carbons (Fsp3) is 0.278. The number of thiocarbonyl (C=S) groups is 1. The van der Waals surface area contributed by atoms with Crippen LogP contribution in [0.4, 0.5) is 0 Å². The van der Waals surface area contributed by atoms with E-state index in [0.29, 0.717) is 17.9 Å². The maximum absolute atomic E-state index is 5.40. The highest BCUT2D eigenvalue weighted by molar-refractivity contribution is 7.80. The number of fused-ring (bicyclic) bond motifs is 3. The zero-order chi connectivity index (χ0) is 13.5. The monoisotopic (exact) mass is 279 g/mol. The van der Waals surface area contributed by atoms with E-state index in [1.165, 1.54) is 23.1 Å². The summed E-state index contributed by atoms with van der Waals surface area (Å²) in [7, 11) is 0. The summed E-state index contributed by atoms with van der Waals surface area (Å²) in [5.41, 5.74) is 4.35. The van der Waals surface area contributed by atoms with Gasteiger partial charge in [-0.05, 0) is 35.4 Å². The molecule has 3 atom stereocenters. The van der Waals surface area contributed by atoms with Crippen molar-refractivity contribution < 1.29 is 0 Å². The summed E-state index contributed by atoms with van der Waals surface area (Å²) in [5.74, 6) is 1.13. The molecule has 2 aromatic rings. The van der Waals surface area contributed by atoms with E-state index in [9.17, 15) is 0 Å². The van der Waals surface area contributed by atoms with Crippen LogP contribution in [0.1, 0.15) is 41.5 Å². The van der Waals surface area contributed by atoms with Gasteiger partial charge >= 0.3 is 0 Å². The average Bonchev–Trinajstić information content (AvgIpc) is 2.82. The van der Waals surface area contributed by atoms with E-state index >= 15 is 0 Å². The highest BCUT2D eigenvalue weighted by Crippen LogP contribution is 2.51. The summed E-state index contributed by atoms with van der Waals surface area (Å²) in [4.78, 5) is 1.02. The van der Waals surface area contributed by atoms with Crippen molar-refractivity contribution >= 4 is 17.2 Å². The summed E-state index contributed by atoms with van der Waals surface area (Å²) < 4.78 is 0. The molecule has 1 nitrogen and oxygen atoms in total. The summed E-state index contributed by atoms with van der Waals surface area (Å²) in [5, 5.41) is 3.57. The molecule has 1 fully saturated rings. The Hall–Kier alpha value is -1.67. The molecule has 100 valence electrons. The van der Waals surface area contributed by atoms with Crippen molar-refractivity contribution in [3.63, 3.8) is 0 Å². The molecule has 2 aromatic carbocycles. The normalized spacial score (nSPS) is 27.6. The minimum atomic E-state index is 0.401. The molecule has 2 heteroatoms. The first kappa shape index (κ1) is 12.1. The Labute approximate surface area is 125 Å². The Kier molecular flexibility index (Phi) is 2.85. The standard InChI is InChI=1S/C18H17NS/c20-16-11-10-15-17(12-6-2-1-3-7-12)13-8-4-5-9-14(13)18(15)19-16/h1-9,15,17-18H,10-11H2,(H,19,20)/t15-,17?,18-/m1/s1. The summed E-state index contributed by atoms with van der Waals surface area (Å²) in [6.45, 7) is 0. The third kappa shape index (κ3) is 1.79. The van der Waals surface area contributed by atoms with Crippen molar-refractivity contribution in [2.24, 2.45) is 5.92 Å². The second-order valence-corrected chi connectivity index (χ2v) is 6.26. The summed E-state index contributed by atoms with van der Waals surface area (Å²) in [6, 6.07) is 20.2. The highest BCUT2D eigenvalue weighted by Gasteiger charge is 2.43. The lowest BCUT2D eigenvalue weighted by molar-refractivity contribution is 0.357. The number of hydrogen-bond acceptors (Lipinski definition) is 1. The Balaban J connectivity index is 1.85. The number of rotatable bonds is 1. The van der Waals surface area contributed by atoms with Crippen molar-refractivity contribution in [2.75, 3.05) is 0 Å². The SMILES string of the molecule is S=C1CC[C@@H]2C(c3ccccc3)c3ccccc3[C@H]2N1. The molecule has 1 unspecified atom stereocenters. The third-order valence-corrected chi connectivity index (χ3v) is 5.02. The fourth-order valence-corrected chi connectivity index (χ4v) is 4.12. The van der Waals surface area contributed by atoms with Crippen molar-refractivity contribution in [3.8, 4) is 0 Å². The number of piperidine rings is 1. The molecule has 0 amide bonds. The second kappa shape index (κ2) is 4.71. The summed E-state index contributed by atoms with van der Waals surface area (Å²) in [6.07, 6.45) is 2.21. The van der Waals surface area contributed by atoms with Crippen LogP contribution in [0.15, 0.2) is 54.6 Å². The van der Waals surface area contributed by atoms with Crippen molar-refractivity contribution in [2.45, 2.75) is 24.8 Å². The van der Waals surface area contributed by atoms with Gasteiger partial charge in [-0.15, -0.1) is 0 Å². The first-order valence-electron chi connectivity index (χ1n) is 7.28. The number of benzene rings is 2. The van der Waals surface area contributed by atoms with Gasteiger partial charge in [0.1, 0.15) is 0 Å². The molecule has 1 N–H and O–H groups in total. The topological polar surface area (TPSA) is 12.0 Å². The molecule has 0 saturated carbocycles. The Bertz CT molecular complexity index is 649. The van der Waals surface area contributed by atoms with Crippen LogP contribution < -0.4 is 5.32 Å². The first-order chi connectivity index (χ1) is 9.84. The van der Waals surface area contributed by atoms with Crippen LogP contribution in [-0.4, -0.2) is 4.99 Å². The van der Waals surface area contributed by atoms with Gasteiger partial charge in [0.2, 0.25) is 0 Å². The molecule has 0 radical (unpaired) electrons. The van der Waals surface area contributed by atoms with E-state index in [0.717, 1.165) is 11.4 Å². The minimum absolute atomic E-state index is 0.401. The van der Waals surface area contributed by atoms with Crippen molar-refractivity contribution in [3.05, 3.63) is 71.3 Å². The van der Waals surface area contributed by atoms with E-state index in [1.54, 1.807) is 0 Å². The van der Waals surface area contributed by atoms with Crippen molar-refractivity contribution in [1.82, 2.24) is 5.32 Å². The Morgan fingerprint density at radius 2 is 1.60 bits per heavy atom. The smallest absolute Gasteiger partial charge is 0.0758 e. The zero-order valence-electron chi connectivity index (χ0n) is 11.3. The molecule has 0 aromatic heterocycles. The van der Waals surface area contributed by atoms with Gasteiger partial charge in [0.15, 0.2) is 0 Å². The lowest BCUT2D eigenvalue weighted by Crippen LogP contribution is -2.36. The van der Waals surface area contributed by atoms with Gasteiger partial charge in [-0.1, -0.05) is 66.8 Å². The molecule has 1 heterocycles. The molecule has 2 aliphatic rings. The predicted molar refractivity (Wildman–Crippen MR) is 85.9 cm³/mol. The van der Waals surface area contributed by atoms with Gasteiger partial charge in [-0.25, -0.2) is 0 Å². The van der Waals surface area contributed by atoms with Gasteiger partial charge in [0, 0.05) is 5.92 Å². The van der Waals surface area contributed by atoms with Crippen LogP contribution in [0, 0.1) is 5.92 Å². The van der Waals surface area contributed by atoms with Crippen LogP contribution in [-0.2, 0) is 0 Å². The molecular weight excluding hydrogens is 262 g/mol. The molecule has 1 aliphatic heterocycles. The van der Waals surface area contributed by atoms with Crippen LogP contribution in [0.5, 0.6) is 0 Å². The maximum atomic E-state index is 5.40. The van der Waals surface area contributed by atoms with Gasteiger partial charge in [-0.2, -0.15) is 0 Å². The maximum Gasteiger partial charge on any atom is 0.0758 e. The van der Waals surface area contributed by atoms with E-state index in [1.807, 2.05) is 0 Å². The number of hydrogen-bond donors (Lipinski definition) is 1.